The first-order valence-corrected chi connectivity index (χ1v) is 7.09. The third kappa shape index (κ3) is 3.05. The lowest BCUT2D eigenvalue weighted by molar-refractivity contribution is -0.122. The molecule has 1 aliphatic rings. The minimum atomic E-state index is 0.0471. The third-order valence-corrected chi connectivity index (χ3v) is 3.50. The van der Waals surface area contributed by atoms with Gasteiger partial charge in [-0.2, -0.15) is 15.0 Å². The van der Waals surface area contributed by atoms with Crippen molar-refractivity contribution in [3.63, 3.8) is 0 Å². The van der Waals surface area contributed by atoms with Crippen molar-refractivity contribution in [3.05, 3.63) is 5.82 Å². The van der Waals surface area contributed by atoms with E-state index in [9.17, 15) is 4.79 Å². The zero-order valence-corrected chi connectivity index (χ0v) is 12.9. The predicted octanol–water partition coefficient (Wildman–Crippen LogP) is 1.48. The molecule has 0 saturated carbocycles. The summed E-state index contributed by atoms with van der Waals surface area (Å²) in [5, 5.41) is 0. The Morgan fingerprint density at radius 1 is 1.25 bits per heavy atom. The van der Waals surface area contributed by atoms with Crippen LogP contribution in [-0.4, -0.2) is 47.9 Å². The molecule has 1 aromatic rings. The number of hydrogen-bond donors (Lipinski definition) is 0. The van der Waals surface area contributed by atoms with Gasteiger partial charge in [-0.05, 0) is 0 Å². The maximum Gasteiger partial charge on any atom is 0.230 e. The number of piperidine rings is 1. The number of nitrogens with zero attached hydrogens (tertiary/aromatic N) is 5. The van der Waals surface area contributed by atoms with E-state index in [1.807, 2.05) is 25.9 Å². The van der Waals surface area contributed by atoms with Crippen LogP contribution in [0.25, 0.3) is 0 Å². The molecule has 0 aliphatic carbocycles. The molecule has 0 amide bonds. The minimum absolute atomic E-state index is 0.0471. The van der Waals surface area contributed by atoms with E-state index in [0.717, 1.165) is 5.82 Å². The zero-order valence-electron chi connectivity index (χ0n) is 12.9. The van der Waals surface area contributed by atoms with Gasteiger partial charge in [-0.1, -0.05) is 20.8 Å². The molecule has 1 saturated heterocycles. The second kappa shape index (κ2) is 5.73. The van der Waals surface area contributed by atoms with Gasteiger partial charge < -0.3 is 9.80 Å². The number of carbonyl (C=O) groups is 1. The maximum absolute atomic E-state index is 11.6. The average molecular weight is 277 g/mol. The van der Waals surface area contributed by atoms with Crippen LogP contribution >= 0.6 is 0 Å². The highest BCUT2D eigenvalue weighted by Crippen LogP contribution is 2.21. The van der Waals surface area contributed by atoms with Crippen molar-refractivity contribution >= 4 is 17.7 Å². The Labute approximate surface area is 120 Å². The van der Waals surface area contributed by atoms with Crippen LogP contribution in [0.1, 0.15) is 38.9 Å². The van der Waals surface area contributed by atoms with Gasteiger partial charge in [0.25, 0.3) is 0 Å². The molecule has 0 radical (unpaired) electrons. The van der Waals surface area contributed by atoms with Crippen LogP contribution in [0.15, 0.2) is 0 Å². The number of hydrogen-bond acceptors (Lipinski definition) is 6. The molecule has 20 heavy (non-hydrogen) atoms. The van der Waals surface area contributed by atoms with E-state index in [4.69, 9.17) is 0 Å². The van der Waals surface area contributed by atoms with Gasteiger partial charge in [0.05, 0.1) is 0 Å². The summed E-state index contributed by atoms with van der Waals surface area (Å²) in [4.78, 5) is 29.2. The third-order valence-electron chi connectivity index (χ3n) is 3.50. The topological polar surface area (TPSA) is 62.2 Å². The van der Waals surface area contributed by atoms with Crippen LogP contribution in [-0.2, 0) is 4.79 Å². The molecule has 0 N–H and O–H groups in total. The molecule has 1 fully saturated rings. The summed E-state index contributed by atoms with van der Waals surface area (Å²) in [5.41, 5.74) is 0. The van der Waals surface area contributed by atoms with Crippen molar-refractivity contribution in [2.24, 2.45) is 5.92 Å². The van der Waals surface area contributed by atoms with Gasteiger partial charge in [0.15, 0.2) is 0 Å². The molecule has 1 unspecified atom stereocenters. The first kappa shape index (κ1) is 14.7. The van der Waals surface area contributed by atoms with Gasteiger partial charge in [-0.15, -0.1) is 0 Å². The Kier molecular flexibility index (Phi) is 4.20. The summed E-state index contributed by atoms with van der Waals surface area (Å²) in [6, 6.07) is 0. The molecule has 0 bridgehead atoms. The first-order valence-electron chi connectivity index (χ1n) is 7.09. The minimum Gasteiger partial charge on any atom is -0.347 e. The van der Waals surface area contributed by atoms with E-state index in [1.165, 1.54) is 0 Å². The molecule has 110 valence electrons. The van der Waals surface area contributed by atoms with Crippen molar-refractivity contribution in [3.8, 4) is 0 Å². The van der Waals surface area contributed by atoms with Gasteiger partial charge in [-0.25, -0.2) is 0 Å². The summed E-state index contributed by atoms with van der Waals surface area (Å²) in [6.45, 7) is 7.48. The highest BCUT2D eigenvalue weighted by atomic mass is 16.1. The first-order chi connectivity index (χ1) is 9.38. The highest BCUT2D eigenvalue weighted by molar-refractivity contribution is 5.83. The van der Waals surface area contributed by atoms with Crippen molar-refractivity contribution < 1.29 is 4.79 Å². The van der Waals surface area contributed by atoms with Gasteiger partial charge in [0.2, 0.25) is 11.9 Å². The zero-order chi connectivity index (χ0) is 14.9. The summed E-state index contributed by atoms with van der Waals surface area (Å²) in [5.74, 6) is 2.77. The lowest BCUT2D eigenvalue weighted by Crippen LogP contribution is -2.40. The van der Waals surface area contributed by atoms with Gasteiger partial charge >= 0.3 is 0 Å². The number of anilines is 2. The molecular formula is C14H23N5O. The standard InChI is InChI=1S/C14H23N5O/c1-9(2)12-15-13(18(4)5)17-14(16-12)19-7-6-11(20)10(3)8-19/h9-10H,6-8H2,1-5H3. The molecular weight excluding hydrogens is 254 g/mol. The molecule has 1 aromatic heterocycles. The van der Waals surface area contributed by atoms with E-state index >= 15 is 0 Å². The van der Waals surface area contributed by atoms with Crippen molar-refractivity contribution in [2.45, 2.75) is 33.1 Å². The Morgan fingerprint density at radius 2 is 1.95 bits per heavy atom. The lowest BCUT2D eigenvalue weighted by atomic mass is 9.99. The molecule has 2 rings (SSSR count). The number of carbonyl (C=O) groups excluding carboxylic acids is 1. The number of ketones is 1. The van der Waals surface area contributed by atoms with Crippen LogP contribution in [0.4, 0.5) is 11.9 Å². The summed E-state index contributed by atoms with van der Waals surface area (Å²) >= 11 is 0. The molecule has 1 aliphatic heterocycles. The van der Waals surface area contributed by atoms with Crippen molar-refractivity contribution in [2.75, 3.05) is 37.0 Å². The largest absolute Gasteiger partial charge is 0.347 e. The summed E-state index contributed by atoms with van der Waals surface area (Å²) < 4.78 is 0. The van der Waals surface area contributed by atoms with E-state index in [-0.39, 0.29) is 11.8 Å². The molecule has 6 heteroatoms. The number of rotatable bonds is 3. The summed E-state index contributed by atoms with van der Waals surface area (Å²) in [6.07, 6.45) is 0.571. The second-order valence-electron chi connectivity index (χ2n) is 5.91. The fourth-order valence-corrected chi connectivity index (χ4v) is 2.17. The molecule has 0 spiro atoms. The van der Waals surface area contributed by atoms with Crippen LogP contribution in [0.3, 0.4) is 0 Å². The molecule has 0 aromatic carbocycles. The van der Waals surface area contributed by atoms with E-state index in [0.29, 0.717) is 37.2 Å². The lowest BCUT2D eigenvalue weighted by Gasteiger charge is -2.30. The Bertz CT molecular complexity index is 474. The van der Waals surface area contributed by atoms with E-state index < -0.39 is 0 Å². The normalized spacial score (nSPS) is 19.6. The van der Waals surface area contributed by atoms with E-state index in [1.54, 1.807) is 0 Å². The fraction of sp³-hybridized carbons (Fsp3) is 0.714. The molecule has 1 atom stereocenters. The van der Waals surface area contributed by atoms with Crippen LogP contribution in [0.5, 0.6) is 0 Å². The van der Waals surface area contributed by atoms with Gasteiger partial charge in [0.1, 0.15) is 11.6 Å². The monoisotopic (exact) mass is 277 g/mol. The Hall–Kier alpha value is -1.72. The Morgan fingerprint density at radius 3 is 2.50 bits per heavy atom. The molecule has 6 nitrogen and oxygen atoms in total. The van der Waals surface area contributed by atoms with Crippen LogP contribution in [0, 0.1) is 5.92 Å². The average Bonchev–Trinajstić information content (AvgIpc) is 2.41. The fourth-order valence-electron chi connectivity index (χ4n) is 2.17. The maximum atomic E-state index is 11.6. The summed E-state index contributed by atoms with van der Waals surface area (Å²) in [7, 11) is 3.84. The van der Waals surface area contributed by atoms with Crippen molar-refractivity contribution in [1.82, 2.24) is 15.0 Å². The van der Waals surface area contributed by atoms with Gasteiger partial charge in [0, 0.05) is 45.4 Å². The smallest absolute Gasteiger partial charge is 0.230 e. The van der Waals surface area contributed by atoms with Crippen molar-refractivity contribution in [1.29, 1.82) is 0 Å². The Balaban J connectivity index is 2.33. The van der Waals surface area contributed by atoms with Crippen LogP contribution in [0.2, 0.25) is 0 Å². The number of Topliss-reactive ketones (excluding diaryl/α,β-unsaturated/α-hetero) is 1. The quantitative estimate of drug-likeness (QED) is 0.834. The molecule has 2 heterocycles. The van der Waals surface area contributed by atoms with E-state index in [2.05, 4.69) is 33.7 Å². The van der Waals surface area contributed by atoms with Gasteiger partial charge in [-0.3, -0.25) is 4.79 Å². The second-order valence-corrected chi connectivity index (χ2v) is 5.91. The SMILES string of the molecule is CC1CN(c2nc(C(C)C)nc(N(C)C)n2)CCC1=O. The predicted molar refractivity (Wildman–Crippen MR) is 79.2 cm³/mol. The highest BCUT2D eigenvalue weighted by Gasteiger charge is 2.26. The van der Waals surface area contributed by atoms with Crippen LogP contribution < -0.4 is 9.80 Å². The number of aromatic nitrogens is 3.